The third kappa shape index (κ3) is 3.56. The Balaban J connectivity index is 2.14. The highest BCUT2D eigenvalue weighted by atomic mass is 32.2. The number of anilines is 1. The lowest BCUT2D eigenvalue weighted by atomic mass is 10.2. The number of carboxylic acids is 1. The quantitative estimate of drug-likeness (QED) is 0.817. The molecular weight excluding hydrogens is 298 g/mol. The summed E-state index contributed by atoms with van der Waals surface area (Å²) in [7, 11) is -3.44. The molecule has 1 aromatic heterocycles. The van der Waals surface area contributed by atoms with Gasteiger partial charge in [0.1, 0.15) is 11.7 Å². The fourth-order valence-electron chi connectivity index (χ4n) is 2.25. The summed E-state index contributed by atoms with van der Waals surface area (Å²) in [4.78, 5) is 26.6. The minimum atomic E-state index is -3.44. The van der Waals surface area contributed by atoms with Gasteiger partial charge in [0.25, 0.3) is 0 Å². The molecule has 1 aromatic rings. The Bertz CT molecular complexity index is 673. The fourth-order valence-corrected chi connectivity index (χ4v) is 3.37. The molecule has 1 atom stereocenters. The maximum Gasteiger partial charge on any atom is 0.354 e. The van der Waals surface area contributed by atoms with Gasteiger partial charge in [-0.15, -0.1) is 0 Å². The molecule has 0 saturated carbocycles. The number of hydrogen-bond acceptors (Lipinski definition) is 5. The van der Waals surface area contributed by atoms with Crippen molar-refractivity contribution >= 4 is 27.6 Å². The monoisotopic (exact) mass is 313 g/mol. The molecule has 2 rings (SSSR count). The Labute approximate surface area is 121 Å². The number of rotatable bonds is 4. The maximum atomic E-state index is 12.2. The second-order valence-electron chi connectivity index (χ2n) is 4.76. The summed E-state index contributed by atoms with van der Waals surface area (Å²) in [6.45, 7) is 0.313. The van der Waals surface area contributed by atoms with Gasteiger partial charge in [-0.05, 0) is 25.0 Å². The van der Waals surface area contributed by atoms with E-state index in [4.69, 9.17) is 5.11 Å². The highest BCUT2D eigenvalue weighted by molar-refractivity contribution is 7.88. The Hall–Kier alpha value is -2.00. The summed E-state index contributed by atoms with van der Waals surface area (Å²) < 4.78 is 24.4. The number of carboxylic acid groups (broad SMARTS) is 1. The second kappa shape index (κ2) is 5.78. The van der Waals surface area contributed by atoms with Crippen LogP contribution in [0.4, 0.5) is 5.69 Å². The molecule has 0 radical (unpaired) electrons. The number of nitrogens with zero attached hydrogens (tertiary/aromatic N) is 2. The smallest absolute Gasteiger partial charge is 0.354 e. The van der Waals surface area contributed by atoms with E-state index in [9.17, 15) is 18.0 Å². The normalized spacial score (nSPS) is 19.4. The van der Waals surface area contributed by atoms with E-state index in [1.165, 1.54) is 18.3 Å². The number of amides is 1. The van der Waals surface area contributed by atoms with Crippen molar-refractivity contribution in [2.45, 2.75) is 18.9 Å². The van der Waals surface area contributed by atoms with Gasteiger partial charge >= 0.3 is 5.97 Å². The largest absolute Gasteiger partial charge is 0.477 e. The summed E-state index contributed by atoms with van der Waals surface area (Å²) in [5.74, 6) is -1.68. The Morgan fingerprint density at radius 2 is 2.19 bits per heavy atom. The summed E-state index contributed by atoms with van der Waals surface area (Å²) in [6.07, 6.45) is 3.38. The molecule has 1 amide bonds. The van der Waals surface area contributed by atoms with Gasteiger partial charge in [0.05, 0.1) is 6.26 Å². The number of aromatic carboxylic acids is 1. The van der Waals surface area contributed by atoms with E-state index in [-0.39, 0.29) is 11.4 Å². The van der Waals surface area contributed by atoms with E-state index >= 15 is 0 Å². The molecule has 1 fully saturated rings. The molecular formula is C12H15N3O5S. The number of sulfonamides is 1. The minimum absolute atomic E-state index is 0.195. The fraction of sp³-hybridized carbons (Fsp3) is 0.417. The van der Waals surface area contributed by atoms with Gasteiger partial charge in [-0.3, -0.25) is 4.79 Å². The van der Waals surface area contributed by atoms with Crippen LogP contribution in [0.3, 0.4) is 0 Å². The molecule has 0 bridgehead atoms. The molecule has 1 aliphatic heterocycles. The summed E-state index contributed by atoms with van der Waals surface area (Å²) in [5, 5.41) is 11.4. The first-order valence-electron chi connectivity index (χ1n) is 6.26. The van der Waals surface area contributed by atoms with Crippen LogP contribution in [0.25, 0.3) is 0 Å². The van der Waals surface area contributed by atoms with E-state index in [0.29, 0.717) is 19.4 Å². The average Bonchev–Trinajstić information content (AvgIpc) is 2.88. The molecule has 8 nitrogen and oxygen atoms in total. The lowest BCUT2D eigenvalue weighted by Crippen LogP contribution is -2.42. The van der Waals surface area contributed by atoms with E-state index in [0.717, 1.165) is 10.6 Å². The zero-order valence-electron chi connectivity index (χ0n) is 11.3. The molecule has 0 aliphatic carbocycles. The standard InChI is InChI=1S/C12H15N3O5S/c1-21(19,20)15-6-2-3-10(15)11(16)14-8-4-5-13-9(7-8)12(17)18/h4-5,7,10H,2-3,6H2,1H3,(H,17,18)(H,13,14,16). The van der Waals surface area contributed by atoms with Crippen molar-refractivity contribution in [3.8, 4) is 0 Å². The summed E-state index contributed by atoms with van der Waals surface area (Å²) in [6, 6.07) is 1.91. The zero-order valence-corrected chi connectivity index (χ0v) is 12.1. The van der Waals surface area contributed by atoms with Crippen molar-refractivity contribution in [3.63, 3.8) is 0 Å². The zero-order chi connectivity index (χ0) is 15.6. The number of carbonyl (C=O) groups is 2. The number of aromatic nitrogens is 1. The third-order valence-electron chi connectivity index (χ3n) is 3.18. The first-order valence-corrected chi connectivity index (χ1v) is 8.11. The van der Waals surface area contributed by atoms with Crippen LogP contribution in [-0.4, -0.2) is 53.5 Å². The molecule has 21 heavy (non-hydrogen) atoms. The molecule has 114 valence electrons. The Morgan fingerprint density at radius 3 is 2.81 bits per heavy atom. The third-order valence-corrected chi connectivity index (χ3v) is 4.47. The number of hydrogen-bond donors (Lipinski definition) is 2. The summed E-state index contributed by atoms with van der Waals surface area (Å²) >= 11 is 0. The maximum absolute atomic E-state index is 12.2. The van der Waals surface area contributed by atoms with Gasteiger partial charge in [0.2, 0.25) is 15.9 Å². The predicted molar refractivity (Wildman–Crippen MR) is 74.4 cm³/mol. The van der Waals surface area contributed by atoms with Gasteiger partial charge in [-0.2, -0.15) is 4.31 Å². The van der Waals surface area contributed by atoms with Crippen LogP contribution in [-0.2, 0) is 14.8 Å². The highest BCUT2D eigenvalue weighted by Crippen LogP contribution is 2.22. The number of pyridine rings is 1. The van der Waals surface area contributed by atoms with E-state index in [2.05, 4.69) is 10.3 Å². The second-order valence-corrected chi connectivity index (χ2v) is 6.69. The van der Waals surface area contributed by atoms with Crippen LogP contribution in [0.5, 0.6) is 0 Å². The lowest BCUT2D eigenvalue weighted by Gasteiger charge is -2.21. The van der Waals surface area contributed by atoms with Gasteiger partial charge in [0, 0.05) is 18.4 Å². The van der Waals surface area contributed by atoms with Crippen molar-refractivity contribution in [2.24, 2.45) is 0 Å². The minimum Gasteiger partial charge on any atom is -0.477 e. The van der Waals surface area contributed by atoms with Gasteiger partial charge in [-0.1, -0.05) is 0 Å². The molecule has 9 heteroatoms. The van der Waals surface area contributed by atoms with Crippen molar-refractivity contribution in [3.05, 3.63) is 24.0 Å². The van der Waals surface area contributed by atoms with Gasteiger partial charge in [0.15, 0.2) is 0 Å². The Kier molecular flexibility index (Phi) is 4.24. The Morgan fingerprint density at radius 1 is 1.48 bits per heavy atom. The molecule has 1 aliphatic rings. The van der Waals surface area contributed by atoms with Crippen LogP contribution in [0.1, 0.15) is 23.3 Å². The van der Waals surface area contributed by atoms with Gasteiger partial charge < -0.3 is 10.4 Å². The van der Waals surface area contributed by atoms with Crippen molar-refractivity contribution in [2.75, 3.05) is 18.1 Å². The van der Waals surface area contributed by atoms with E-state index < -0.39 is 27.9 Å². The van der Waals surface area contributed by atoms with Crippen LogP contribution in [0, 0.1) is 0 Å². The lowest BCUT2D eigenvalue weighted by molar-refractivity contribution is -0.119. The molecule has 0 spiro atoms. The first-order chi connectivity index (χ1) is 9.79. The summed E-state index contributed by atoms with van der Waals surface area (Å²) in [5.41, 5.74) is 0.0759. The highest BCUT2D eigenvalue weighted by Gasteiger charge is 2.36. The molecule has 0 aromatic carbocycles. The first kappa shape index (κ1) is 15.4. The van der Waals surface area contributed by atoms with Crippen LogP contribution < -0.4 is 5.32 Å². The van der Waals surface area contributed by atoms with Crippen LogP contribution in [0.2, 0.25) is 0 Å². The topological polar surface area (TPSA) is 117 Å². The molecule has 2 N–H and O–H groups in total. The molecule has 2 heterocycles. The van der Waals surface area contributed by atoms with Crippen LogP contribution in [0.15, 0.2) is 18.3 Å². The molecule has 1 saturated heterocycles. The predicted octanol–water partition coefficient (Wildman–Crippen LogP) is 0.142. The molecule has 1 unspecified atom stereocenters. The average molecular weight is 313 g/mol. The van der Waals surface area contributed by atoms with Crippen molar-refractivity contribution < 1.29 is 23.1 Å². The van der Waals surface area contributed by atoms with E-state index in [1.54, 1.807) is 0 Å². The van der Waals surface area contributed by atoms with Gasteiger partial charge in [-0.25, -0.2) is 18.2 Å². The number of carbonyl (C=O) groups excluding carboxylic acids is 1. The number of nitrogens with one attached hydrogen (secondary N) is 1. The van der Waals surface area contributed by atoms with Crippen LogP contribution >= 0.6 is 0 Å². The SMILES string of the molecule is CS(=O)(=O)N1CCCC1C(=O)Nc1ccnc(C(=O)O)c1. The van der Waals surface area contributed by atoms with Crippen molar-refractivity contribution in [1.29, 1.82) is 0 Å². The van der Waals surface area contributed by atoms with E-state index in [1.807, 2.05) is 0 Å². The van der Waals surface area contributed by atoms with Crippen molar-refractivity contribution in [1.82, 2.24) is 9.29 Å².